The number of benzene rings is 1. The number of pyridine rings is 1. The van der Waals surface area contributed by atoms with E-state index in [1.54, 1.807) is 31.5 Å². The van der Waals surface area contributed by atoms with Crippen molar-refractivity contribution in [1.82, 2.24) is 10.3 Å². The van der Waals surface area contributed by atoms with Gasteiger partial charge in [-0.15, -0.1) is 0 Å². The number of hydrogen-bond acceptors (Lipinski definition) is 3. The van der Waals surface area contributed by atoms with Gasteiger partial charge >= 0.3 is 0 Å². The molecule has 1 amide bonds. The average molecular weight is 335 g/mol. The molecule has 1 N–H and O–H groups in total. The summed E-state index contributed by atoms with van der Waals surface area (Å²) in [7, 11) is 1.59. The standard InChI is InChI=1S/C15H15BrN2O2/c1-20-14-6-5-11(10-13(14)16)15(19)18-9-7-12-4-2-3-8-17-12/h2-6,8,10H,7,9H2,1H3,(H,18,19). The Bertz CT molecular complexity index is 588. The molecule has 0 spiro atoms. The van der Waals surface area contributed by atoms with Crippen molar-refractivity contribution >= 4 is 21.8 Å². The Labute approximate surface area is 126 Å². The van der Waals surface area contributed by atoms with E-state index < -0.39 is 0 Å². The number of carbonyl (C=O) groups excluding carboxylic acids is 1. The van der Waals surface area contributed by atoms with Crippen LogP contribution in [0.25, 0.3) is 0 Å². The molecule has 2 rings (SSSR count). The van der Waals surface area contributed by atoms with E-state index >= 15 is 0 Å². The third kappa shape index (κ3) is 3.81. The molecule has 0 aliphatic rings. The first-order valence-corrected chi connectivity index (χ1v) is 7.01. The lowest BCUT2D eigenvalue weighted by molar-refractivity contribution is 0.0954. The zero-order valence-corrected chi connectivity index (χ0v) is 12.7. The topological polar surface area (TPSA) is 51.2 Å². The molecular weight excluding hydrogens is 320 g/mol. The van der Waals surface area contributed by atoms with E-state index in [9.17, 15) is 4.79 Å². The number of nitrogens with one attached hydrogen (secondary N) is 1. The van der Waals surface area contributed by atoms with Crippen LogP contribution in [0.4, 0.5) is 0 Å². The maximum atomic E-state index is 12.0. The summed E-state index contributed by atoms with van der Waals surface area (Å²) >= 11 is 3.37. The van der Waals surface area contributed by atoms with Gasteiger partial charge in [-0.1, -0.05) is 6.07 Å². The van der Waals surface area contributed by atoms with Crippen LogP contribution in [0.3, 0.4) is 0 Å². The van der Waals surface area contributed by atoms with Crippen LogP contribution in [0.5, 0.6) is 5.75 Å². The third-order valence-corrected chi connectivity index (χ3v) is 3.43. The lowest BCUT2D eigenvalue weighted by Gasteiger charge is -2.07. The summed E-state index contributed by atoms with van der Waals surface area (Å²) < 4.78 is 5.89. The molecule has 0 atom stereocenters. The summed E-state index contributed by atoms with van der Waals surface area (Å²) in [5, 5.41) is 2.87. The van der Waals surface area contributed by atoms with E-state index in [4.69, 9.17) is 4.74 Å². The summed E-state index contributed by atoms with van der Waals surface area (Å²) in [5.74, 6) is 0.597. The molecule has 20 heavy (non-hydrogen) atoms. The number of ether oxygens (including phenoxy) is 1. The third-order valence-electron chi connectivity index (χ3n) is 2.81. The van der Waals surface area contributed by atoms with Gasteiger partial charge < -0.3 is 10.1 Å². The summed E-state index contributed by atoms with van der Waals surface area (Å²) in [6, 6.07) is 11.0. The van der Waals surface area contributed by atoms with Gasteiger partial charge in [-0.25, -0.2) is 0 Å². The summed E-state index contributed by atoms with van der Waals surface area (Å²) in [5.41, 5.74) is 1.56. The van der Waals surface area contributed by atoms with E-state index in [1.807, 2.05) is 18.2 Å². The highest BCUT2D eigenvalue weighted by atomic mass is 79.9. The van der Waals surface area contributed by atoms with E-state index in [0.29, 0.717) is 24.3 Å². The molecule has 4 nitrogen and oxygen atoms in total. The second-order valence-electron chi connectivity index (χ2n) is 4.18. The fourth-order valence-corrected chi connectivity index (χ4v) is 2.30. The molecule has 0 aliphatic heterocycles. The highest BCUT2D eigenvalue weighted by Gasteiger charge is 2.08. The minimum Gasteiger partial charge on any atom is -0.496 e. The summed E-state index contributed by atoms with van der Waals surface area (Å²) in [6.45, 7) is 0.555. The van der Waals surface area contributed by atoms with Crippen molar-refractivity contribution < 1.29 is 9.53 Å². The Morgan fingerprint density at radius 3 is 2.85 bits per heavy atom. The Balaban J connectivity index is 1.90. The predicted molar refractivity (Wildman–Crippen MR) is 81.0 cm³/mol. The number of rotatable bonds is 5. The first kappa shape index (κ1) is 14.5. The maximum Gasteiger partial charge on any atom is 0.251 e. The van der Waals surface area contributed by atoms with Gasteiger partial charge in [-0.2, -0.15) is 0 Å². The molecule has 0 bridgehead atoms. The number of halogens is 1. The first-order chi connectivity index (χ1) is 9.70. The van der Waals surface area contributed by atoms with Crippen LogP contribution in [0.2, 0.25) is 0 Å². The van der Waals surface area contributed by atoms with Crippen LogP contribution in [-0.2, 0) is 6.42 Å². The Kier molecular flexibility index (Phi) is 5.12. The van der Waals surface area contributed by atoms with Gasteiger partial charge in [-0.3, -0.25) is 9.78 Å². The van der Waals surface area contributed by atoms with Crippen LogP contribution < -0.4 is 10.1 Å². The van der Waals surface area contributed by atoms with Crippen molar-refractivity contribution in [2.45, 2.75) is 6.42 Å². The van der Waals surface area contributed by atoms with Gasteiger partial charge in [0.15, 0.2) is 0 Å². The minimum absolute atomic E-state index is 0.107. The predicted octanol–water partition coefficient (Wildman–Crippen LogP) is 2.83. The highest BCUT2D eigenvalue weighted by molar-refractivity contribution is 9.10. The van der Waals surface area contributed by atoms with E-state index in [2.05, 4.69) is 26.2 Å². The van der Waals surface area contributed by atoms with Gasteiger partial charge in [-0.05, 0) is 46.3 Å². The largest absolute Gasteiger partial charge is 0.496 e. The molecule has 0 saturated heterocycles. The molecule has 0 fully saturated rings. The minimum atomic E-state index is -0.107. The molecule has 1 aromatic carbocycles. The van der Waals surface area contributed by atoms with Crippen LogP contribution in [0.1, 0.15) is 16.1 Å². The molecular formula is C15H15BrN2O2. The van der Waals surface area contributed by atoms with Crippen LogP contribution in [0.15, 0.2) is 47.1 Å². The smallest absolute Gasteiger partial charge is 0.251 e. The molecule has 5 heteroatoms. The fraction of sp³-hybridized carbons (Fsp3) is 0.200. The van der Waals surface area contributed by atoms with Crippen molar-refractivity contribution in [3.05, 3.63) is 58.3 Å². The summed E-state index contributed by atoms with van der Waals surface area (Å²) in [4.78, 5) is 16.2. The number of carbonyl (C=O) groups is 1. The van der Waals surface area contributed by atoms with E-state index in [0.717, 1.165) is 10.2 Å². The number of aromatic nitrogens is 1. The summed E-state index contributed by atoms with van der Waals surface area (Å²) in [6.07, 6.45) is 2.46. The van der Waals surface area contributed by atoms with Gasteiger partial charge in [0.2, 0.25) is 0 Å². The first-order valence-electron chi connectivity index (χ1n) is 6.22. The lowest BCUT2D eigenvalue weighted by atomic mass is 10.2. The quantitative estimate of drug-likeness (QED) is 0.914. The van der Waals surface area contributed by atoms with Crippen molar-refractivity contribution in [2.24, 2.45) is 0 Å². The van der Waals surface area contributed by atoms with Gasteiger partial charge in [0.05, 0.1) is 11.6 Å². The van der Waals surface area contributed by atoms with E-state index in [-0.39, 0.29) is 5.91 Å². The van der Waals surface area contributed by atoms with Gasteiger partial charge in [0.1, 0.15) is 5.75 Å². The Morgan fingerprint density at radius 2 is 2.20 bits per heavy atom. The van der Waals surface area contributed by atoms with Crippen molar-refractivity contribution in [3.63, 3.8) is 0 Å². The number of methoxy groups -OCH3 is 1. The fourth-order valence-electron chi connectivity index (χ4n) is 1.76. The zero-order valence-electron chi connectivity index (χ0n) is 11.1. The SMILES string of the molecule is COc1ccc(C(=O)NCCc2ccccn2)cc1Br. The number of amides is 1. The van der Waals surface area contributed by atoms with Gasteiger partial charge in [0.25, 0.3) is 5.91 Å². The zero-order chi connectivity index (χ0) is 14.4. The molecule has 0 aliphatic carbocycles. The van der Waals surface area contributed by atoms with Crippen LogP contribution >= 0.6 is 15.9 Å². The Morgan fingerprint density at radius 1 is 1.35 bits per heavy atom. The molecule has 1 aromatic heterocycles. The number of nitrogens with zero attached hydrogens (tertiary/aromatic N) is 1. The lowest BCUT2D eigenvalue weighted by Crippen LogP contribution is -2.25. The normalized spacial score (nSPS) is 10.1. The van der Waals surface area contributed by atoms with Crippen molar-refractivity contribution in [1.29, 1.82) is 0 Å². The second-order valence-corrected chi connectivity index (χ2v) is 5.03. The van der Waals surface area contributed by atoms with Crippen molar-refractivity contribution in [3.8, 4) is 5.75 Å². The molecule has 2 aromatic rings. The van der Waals surface area contributed by atoms with E-state index in [1.165, 1.54) is 0 Å². The highest BCUT2D eigenvalue weighted by Crippen LogP contribution is 2.25. The molecule has 104 valence electrons. The van der Waals surface area contributed by atoms with Crippen LogP contribution in [0, 0.1) is 0 Å². The monoisotopic (exact) mass is 334 g/mol. The molecule has 0 radical (unpaired) electrons. The Hall–Kier alpha value is -1.88. The molecule has 1 heterocycles. The van der Waals surface area contributed by atoms with Gasteiger partial charge in [0, 0.05) is 30.4 Å². The average Bonchev–Trinajstić information content (AvgIpc) is 2.48. The second kappa shape index (κ2) is 7.05. The maximum absolute atomic E-state index is 12.0. The van der Waals surface area contributed by atoms with Crippen molar-refractivity contribution in [2.75, 3.05) is 13.7 Å². The number of hydrogen-bond donors (Lipinski definition) is 1. The van der Waals surface area contributed by atoms with Crippen LogP contribution in [-0.4, -0.2) is 24.5 Å². The molecule has 0 saturated carbocycles. The molecule has 0 unspecified atom stereocenters.